The summed E-state index contributed by atoms with van der Waals surface area (Å²) in [6.45, 7) is -0.706. The normalized spacial score (nSPS) is 10.6. The highest BCUT2D eigenvalue weighted by Crippen LogP contribution is 2.27. The van der Waals surface area contributed by atoms with Gasteiger partial charge in [-0.15, -0.1) is 0 Å². The third-order valence-corrected chi connectivity index (χ3v) is 5.09. The highest BCUT2D eigenvalue weighted by atomic mass is 19.1. The van der Waals surface area contributed by atoms with Crippen LogP contribution in [0.4, 0.5) is 15.8 Å². The molecule has 4 rings (SSSR count). The predicted molar refractivity (Wildman–Crippen MR) is 126 cm³/mol. The summed E-state index contributed by atoms with van der Waals surface area (Å²) in [5.41, 5.74) is 1.18. The number of hydrogen-bond acceptors (Lipinski definition) is 7. The smallest absolute Gasteiger partial charge is 0.339 e. The Morgan fingerprint density at radius 3 is 2.51 bits per heavy atom. The quantitative estimate of drug-likeness (QED) is 0.233. The second-order valence-electron chi connectivity index (χ2n) is 7.34. The summed E-state index contributed by atoms with van der Waals surface area (Å²) in [5, 5.41) is 13.9. The second-order valence-corrected chi connectivity index (χ2v) is 7.34. The number of nitrogens with one attached hydrogen (secondary N) is 1. The minimum absolute atomic E-state index is 0.196. The first-order valence-electron chi connectivity index (χ1n) is 10.3. The van der Waals surface area contributed by atoms with Crippen molar-refractivity contribution in [3.05, 3.63) is 94.3 Å². The number of benzene rings is 3. The molecule has 10 heteroatoms. The highest BCUT2D eigenvalue weighted by Gasteiger charge is 2.20. The van der Waals surface area contributed by atoms with Crippen molar-refractivity contribution in [1.29, 1.82) is 0 Å². The number of carbonyl (C=O) groups is 2. The minimum atomic E-state index is -0.825. The molecule has 0 atom stereocenters. The van der Waals surface area contributed by atoms with Crippen LogP contribution in [0.2, 0.25) is 0 Å². The van der Waals surface area contributed by atoms with Gasteiger partial charge < -0.3 is 14.8 Å². The van der Waals surface area contributed by atoms with Gasteiger partial charge in [0.05, 0.1) is 34.9 Å². The maximum absolute atomic E-state index is 13.3. The number of ether oxygens (including phenoxy) is 2. The summed E-state index contributed by atoms with van der Waals surface area (Å²) in [7, 11) is 1.56. The number of methoxy groups -OCH3 is 1. The van der Waals surface area contributed by atoms with Crippen molar-refractivity contribution >= 4 is 34.2 Å². The molecule has 9 nitrogen and oxygen atoms in total. The van der Waals surface area contributed by atoms with Crippen LogP contribution < -0.4 is 10.1 Å². The summed E-state index contributed by atoms with van der Waals surface area (Å²) in [6.07, 6.45) is 0. The molecule has 0 fully saturated rings. The Bertz CT molecular complexity index is 1440. The Morgan fingerprint density at radius 1 is 1.06 bits per heavy atom. The number of fused-ring (bicyclic) bond motifs is 1. The van der Waals surface area contributed by atoms with Crippen molar-refractivity contribution in [2.75, 3.05) is 19.0 Å². The SMILES string of the molecule is COc1ccc(-c2cc(C(=O)OCC(=O)Nc3ccc(F)cc3[N+](=O)[O-])c3ccccc3n2)cc1. The highest BCUT2D eigenvalue weighted by molar-refractivity contribution is 6.05. The summed E-state index contributed by atoms with van der Waals surface area (Å²) in [6, 6.07) is 18.4. The van der Waals surface area contributed by atoms with E-state index in [9.17, 15) is 24.1 Å². The largest absolute Gasteiger partial charge is 0.497 e. The Kier molecular flexibility index (Phi) is 6.63. The van der Waals surface area contributed by atoms with Gasteiger partial charge in [0, 0.05) is 10.9 Å². The average Bonchev–Trinajstić information content (AvgIpc) is 2.87. The molecule has 0 saturated heterocycles. The molecule has 0 aliphatic rings. The van der Waals surface area contributed by atoms with Gasteiger partial charge >= 0.3 is 5.97 Å². The van der Waals surface area contributed by atoms with E-state index in [0.29, 0.717) is 28.4 Å². The van der Waals surface area contributed by atoms with Gasteiger partial charge in [0.25, 0.3) is 11.6 Å². The number of para-hydroxylation sites is 1. The van der Waals surface area contributed by atoms with Crippen LogP contribution in [0.25, 0.3) is 22.2 Å². The molecule has 0 aliphatic carbocycles. The van der Waals surface area contributed by atoms with Crippen molar-refractivity contribution in [1.82, 2.24) is 4.98 Å². The van der Waals surface area contributed by atoms with Crippen LogP contribution in [0, 0.1) is 15.9 Å². The average molecular weight is 475 g/mol. The Morgan fingerprint density at radius 2 is 1.80 bits per heavy atom. The molecule has 0 aliphatic heterocycles. The summed E-state index contributed by atoms with van der Waals surface area (Å²) >= 11 is 0. The number of nitro benzene ring substituents is 1. The van der Waals surface area contributed by atoms with Crippen LogP contribution in [0.3, 0.4) is 0 Å². The zero-order valence-electron chi connectivity index (χ0n) is 18.4. The van der Waals surface area contributed by atoms with E-state index in [1.807, 2.05) is 0 Å². The first kappa shape index (κ1) is 23.3. The zero-order chi connectivity index (χ0) is 24.9. The molecule has 1 amide bonds. The molecule has 176 valence electrons. The first-order chi connectivity index (χ1) is 16.9. The van der Waals surface area contributed by atoms with Crippen molar-refractivity contribution in [2.45, 2.75) is 0 Å². The monoisotopic (exact) mass is 475 g/mol. The number of esters is 1. The van der Waals surface area contributed by atoms with Gasteiger partial charge in [-0.25, -0.2) is 14.2 Å². The van der Waals surface area contributed by atoms with Crippen LogP contribution in [0.15, 0.2) is 72.8 Å². The zero-order valence-corrected chi connectivity index (χ0v) is 18.4. The Balaban J connectivity index is 1.56. The Hall–Kier alpha value is -4.86. The third-order valence-electron chi connectivity index (χ3n) is 5.09. The van der Waals surface area contributed by atoms with Gasteiger partial charge in [0.15, 0.2) is 6.61 Å². The molecule has 0 radical (unpaired) electrons. The number of aromatic nitrogens is 1. The van der Waals surface area contributed by atoms with E-state index in [1.54, 1.807) is 61.7 Å². The number of anilines is 1. The maximum atomic E-state index is 13.3. The van der Waals surface area contributed by atoms with Crippen LogP contribution in [0.5, 0.6) is 5.75 Å². The van der Waals surface area contributed by atoms with E-state index >= 15 is 0 Å². The lowest BCUT2D eigenvalue weighted by Gasteiger charge is -2.11. The fourth-order valence-corrected chi connectivity index (χ4v) is 3.41. The fourth-order valence-electron chi connectivity index (χ4n) is 3.41. The molecular weight excluding hydrogens is 457 g/mol. The molecule has 1 aromatic heterocycles. The first-order valence-corrected chi connectivity index (χ1v) is 10.3. The van der Waals surface area contributed by atoms with Crippen LogP contribution in [0.1, 0.15) is 10.4 Å². The number of carbonyl (C=O) groups excluding carboxylic acids is 2. The number of nitro groups is 1. The lowest BCUT2D eigenvalue weighted by Crippen LogP contribution is -2.21. The van der Waals surface area contributed by atoms with Crippen molar-refractivity contribution in [2.24, 2.45) is 0 Å². The standard InChI is InChI=1S/C25H18FN3O6/c1-34-17-9-6-15(7-10-17)22-13-19(18-4-2-3-5-20(18)27-22)25(31)35-14-24(30)28-21-11-8-16(26)12-23(21)29(32)33/h2-13H,14H2,1H3,(H,28,30). The van der Waals surface area contributed by atoms with E-state index in [2.05, 4.69) is 10.3 Å². The van der Waals surface area contributed by atoms with Gasteiger partial charge in [0.2, 0.25) is 0 Å². The molecule has 0 saturated carbocycles. The van der Waals surface area contributed by atoms with E-state index in [4.69, 9.17) is 9.47 Å². The number of hydrogen-bond donors (Lipinski definition) is 1. The molecule has 3 aromatic carbocycles. The molecule has 1 heterocycles. The molecule has 0 bridgehead atoms. The molecule has 4 aromatic rings. The lowest BCUT2D eigenvalue weighted by molar-refractivity contribution is -0.384. The Labute approximate surface area is 198 Å². The number of amides is 1. The maximum Gasteiger partial charge on any atom is 0.339 e. The lowest BCUT2D eigenvalue weighted by atomic mass is 10.0. The van der Waals surface area contributed by atoms with Crippen molar-refractivity contribution < 1.29 is 28.4 Å². The van der Waals surface area contributed by atoms with Crippen molar-refractivity contribution in [3.8, 4) is 17.0 Å². The van der Waals surface area contributed by atoms with Crippen LogP contribution in [-0.2, 0) is 9.53 Å². The number of halogens is 1. The minimum Gasteiger partial charge on any atom is -0.497 e. The number of nitrogens with zero attached hydrogens (tertiary/aromatic N) is 2. The molecule has 0 spiro atoms. The molecule has 1 N–H and O–H groups in total. The summed E-state index contributed by atoms with van der Waals surface area (Å²) in [4.78, 5) is 40.1. The van der Waals surface area contributed by atoms with Gasteiger partial charge in [-0.05, 0) is 48.5 Å². The van der Waals surface area contributed by atoms with Gasteiger partial charge in [0.1, 0.15) is 17.3 Å². The summed E-state index contributed by atoms with van der Waals surface area (Å²) in [5.74, 6) is -1.75. The number of pyridine rings is 1. The molecule has 35 heavy (non-hydrogen) atoms. The molecule has 0 unspecified atom stereocenters. The molecular formula is C25H18FN3O6. The second kappa shape index (κ2) is 9.96. The third kappa shape index (κ3) is 5.22. The fraction of sp³-hybridized carbons (Fsp3) is 0.0800. The number of rotatable bonds is 7. The van der Waals surface area contributed by atoms with E-state index in [1.165, 1.54) is 0 Å². The summed E-state index contributed by atoms with van der Waals surface area (Å²) < 4.78 is 23.7. The van der Waals surface area contributed by atoms with Gasteiger partial charge in [-0.2, -0.15) is 0 Å². The van der Waals surface area contributed by atoms with E-state index in [-0.39, 0.29) is 11.3 Å². The van der Waals surface area contributed by atoms with Gasteiger partial charge in [-0.1, -0.05) is 18.2 Å². The van der Waals surface area contributed by atoms with Crippen molar-refractivity contribution in [3.63, 3.8) is 0 Å². The van der Waals surface area contributed by atoms with Gasteiger partial charge in [-0.3, -0.25) is 14.9 Å². The van der Waals surface area contributed by atoms with Crippen LogP contribution in [-0.4, -0.2) is 35.5 Å². The van der Waals surface area contributed by atoms with E-state index < -0.39 is 34.9 Å². The predicted octanol–water partition coefficient (Wildman–Crippen LogP) is 4.75. The van der Waals surface area contributed by atoms with Crippen LogP contribution >= 0.6 is 0 Å². The van der Waals surface area contributed by atoms with E-state index in [0.717, 1.165) is 17.7 Å². The topological polar surface area (TPSA) is 121 Å².